The molecule has 5 heteroatoms. The molecule has 0 aliphatic rings. The lowest BCUT2D eigenvalue weighted by atomic mass is 10.1. The number of primary amides is 1. The molecule has 0 aliphatic carbocycles. The van der Waals surface area contributed by atoms with Gasteiger partial charge in [-0.1, -0.05) is 41.4 Å². The first-order valence-electron chi connectivity index (χ1n) is 4.56. The molecule has 2 N–H and O–H groups in total. The van der Waals surface area contributed by atoms with Crippen molar-refractivity contribution in [2.24, 2.45) is 5.73 Å². The summed E-state index contributed by atoms with van der Waals surface area (Å²) in [6.07, 6.45) is 0. The summed E-state index contributed by atoms with van der Waals surface area (Å²) in [5, 5.41) is 0.977. The van der Waals surface area contributed by atoms with E-state index in [4.69, 9.17) is 28.9 Å². The number of hydrogen-bond acceptors (Lipinski definition) is 2. The van der Waals surface area contributed by atoms with E-state index < -0.39 is 5.91 Å². The maximum atomic E-state index is 11.2. The average molecular weight is 255 g/mol. The van der Waals surface area contributed by atoms with E-state index >= 15 is 0 Å². The maximum absolute atomic E-state index is 11.2. The van der Waals surface area contributed by atoms with Gasteiger partial charge >= 0.3 is 0 Å². The van der Waals surface area contributed by atoms with Crippen molar-refractivity contribution in [3.63, 3.8) is 0 Å². The summed E-state index contributed by atoms with van der Waals surface area (Å²) in [5.41, 5.74) is 6.89. The van der Waals surface area contributed by atoms with E-state index in [9.17, 15) is 4.79 Å². The smallest absolute Gasteiger partial charge is 0.253 e. The van der Waals surface area contributed by atoms with Crippen LogP contribution in [0.25, 0.3) is 10.9 Å². The van der Waals surface area contributed by atoms with Gasteiger partial charge < -0.3 is 5.73 Å². The van der Waals surface area contributed by atoms with Crippen LogP contribution in [0.1, 0.15) is 15.9 Å². The Labute approximate surface area is 102 Å². The topological polar surface area (TPSA) is 56.0 Å². The van der Waals surface area contributed by atoms with E-state index in [0.29, 0.717) is 10.9 Å². The van der Waals surface area contributed by atoms with Gasteiger partial charge in [-0.05, 0) is 12.5 Å². The van der Waals surface area contributed by atoms with Crippen molar-refractivity contribution < 1.29 is 4.79 Å². The van der Waals surface area contributed by atoms with Crippen molar-refractivity contribution >= 4 is 40.0 Å². The number of pyridine rings is 1. The standard InChI is InChI=1S/C11H8Cl2N2O/c1-5-3-2-4-6-8(12)7(11(14)16)10(13)15-9(5)6/h2-4H,1H3,(H2,14,16). The van der Waals surface area contributed by atoms with Crippen LogP contribution >= 0.6 is 23.2 Å². The lowest BCUT2D eigenvalue weighted by molar-refractivity contribution is 0.100. The maximum Gasteiger partial charge on any atom is 0.253 e. The van der Waals surface area contributed by atoms with Gasteiger partial charge in [0.1, 0.15) is 5.15 Å². The first-order valence-corrected chi connectivity index (χ1v) is 5.32. The first-order chi connectivity index (χ1) is 7.52. The van der Waals surface area contributed by atoms with E-state index in [-0.39, 0.29) is 15.7 Å². The van der Waals surface area contributed by atoms with Crippen LogP contribution in [0.15, 0.2) is 18.2 Å². The Morgan fingerprint density at radius 1 is 1.38 bits per heavy atom. The van der Waals surface area contributed by atoms with Gasteiger partial charge in [0.15, 0.2) is 0 Å². The van der Waals surface area contributed by atoms with Crippen molar-refractivity contribution in [3.8, 4) is 0 Å². The minimum atomic E-state index is -0.675. The Morgan fingerprint density at radius 3 is 2.69 bits per heavy atom. The molecule has 16 heavy (non-hydrogen) atoms. The summed E-state index contributed by atoms with van der Waals surface area (Å²) >= 11 is 12.0. The van der Waals surface area contributed by atoms with Crippen LogP contribution in [-0.4, -0.2) is 10.9 Å². The van der Waals surface area contributed by atoms with Crippen LogP contribution in [0, 0.1) is 6.92 Å². The zero-order valence-electron chi connectivity index (χ0n) is 8.42. The highest BCUT2D eigenvalue weighted by Crippen LogP contribution is 2.31. The largest absolute Gasteiger partial charge is 0.365 e. The van der Waals surface area contributed by atoms with Crippen molar-refractivity contribution in [2.45, 2.75) is 6.92 Å². The Kier molecular flexibility index (Phi) is 2.74. The number of amides is 1. The van der Waals surface area contributed by atoms with Crippen LogP contribution in [0.3, 0.4) is 0 Å². The highest BCUT2D eigenvalue weighted by molar-refractivity contribution is 6.42. The third-order valence-electron chi connectivity index (χ3n) is 2.36. The molecule has 0 aliphatic heterocycles. The zero-order valence-corrected chi connectivity index (χ0v) is 9.93. The monoisotopic (exact) mass is 254 g/mol. The molecule has 0 spiro atoms. The van der Waals surface area contributed by atoms with E-state index in [1.165, 1.54) is 0 Å². The van der Waals surface area contributed by atoms with E-state index in [0.717, 1.165) is 5.56 Å². The molecular weight excluding hydrogens is 247 g/mol. The molecular formula is C11H8Cl2N2O. The first kappa shape index (κ1) is 11.2. The Balaban J connectivity index is 2.94. The van der Waals surface area contributed by atoms with Gasteiger partial charge in [-0.25, -0.2) is 4.98 Å². The lowest BCUT2D eigenvalue weighted by Gasteiger charge is -2.08. The quantitative estimate of drug-likeness (QED) is 0.796. The normalized spacial score (nSPS) is 10.7. The van der Waals surface area contributed by atoms with Crippen LogP contribution in [0.4, 0.5) is 0 Å². The van der Waals surface area contributed by atoms with Gasteiger partial charge in [-0.3, -0.25) is 4.79 Å². The van der Waals surface area contributed by atoms with Crippen molar-refractivity contribution in [2.75, 3.05) is 0 Å². The highest BCUT2D eigenvalue weighted by atomic mass is 35.5. The number of fused-ring (bicyclic) bond motifs is 1. The van der Waals surface area contributed by atoms with Crippen LogP contribution in [-0.2, 0) is 0 Å². The van der Waals surface area contributed by atoms with E-state index in [2.05, 4.69) is 4.98 Å². The number of aryl methyl sites for hydroxylation is 1. The molecule has 0 bridgehead atoms. The second kappa shape index (κ2) is 3.92. The van der Waals surface area contributed by atoms with E-state index in [1.807, 2.05) is 19.1 Å². The predicted molar refractivity (Wildman–Crippen MR) is 65.0 cm³/mol. The molecule has 0 saturated carbocycles. The van der Waals surface area contributed by atoms with Crippen LogP contribution < -0.4 is 5.73 Å². The van der Waals surface area contributed by atoms with Crippen LogP contribution in [0.5, 0.6) is 0 Å². The molecule has 2 aromatic rings. The fourth-order valence-electron chi connectivity index (χ4n) is 1.57. The van der Waals surface area contributed by atoms with Gasteiger partial charge in [0.25, 0.3) is 5.91 Å². The summed E-state index contributed by atoms with van der Waals surface area (Å²) in [5.74, 6) is -0.675. The second-order valence-electron chi connectivity index (χ2n) is 3.43. The van der Waals surface area contributed by atoms with Crippen molar-refractivity contribution in [1.82, 2.24) is 4.98 Å². The summed E-state index contributed by atoms with van der Waals surface area (Å²) in [6, 6.07) is 5.51. The Morgan fingerprint density at radius 2 is 2.06 bits per heavy atom. The molecule has 2 rings (SSSR count). The second-order valence-corrected chi connectivity index (χ2v) is 4.16. The van der Waals surface area contributed by atoms with Crippen LogP contribution in [0.2, 0.25) is 10.2 Å². The van der Waals surface area contributed by atoms with Gasteiger partial charge in [0, 0.05) is 5.39 Å². The fraction of sp³-hybridized carbons (Fsp3) is 0.0909. The zero-order chi connectivity index (χ0) is 11.9. The molecule has 0 fully saturated rings. The molecule has 1 aromatic carbocycles. The SMILES string of the molecule is Cc1cccc2c(Cl)c(C(N)=O)c(Cl)nc12. The number of nitrogens with zero attached hydrogens (tertiary/aromatic N) is 1. The number of rotatable bonds is 1. The minimum absolute atomic E-state index is 0.0410. The summed E-state index contributed by atoms with van der Waals surface area (Å²) in [4.78, 5) is 15.3. The van der Waals surface area contributed by atoms with Gasteiger partial charge in [-0.2, -0.15) is 0 Å². The van der Waals surface area contributed by atoms with Crippen molar-refractivity contribution in [1.29, 1.82) is 0 Å². The lowest BCUT2D eigenvalue weighted by Crippen LogP contribution is -2.13. The third kappa shape index (κ3) is 1.62. The molecule has 3 nitrogen and oxygen atoms in total. The molecule has 1 heterocycles. The molecule has 0 radical (unpaired) electrons. The average Bonchev–Trinajstić information content (AvgIpc) is 2.19. The van der Waals surface area contributed by atoms with Gasteiger partial charge in [0.05, 0.1) is 16.1 Å². The Hall–Kier alpha value is -1.32. The summed E-state index contributed by atoms with van der Waals surface area (Å²) < 4.78 is 0. The third-order valence-corrected chi connectivity index (χ3v) is 3.02. The number of halogens is 2. The van der Waals surface area contributed by atoms with E-state index in [1.54, 1.807) is 6.07 Å². The number of aromatic nitrogens is 1. The number of para-hydroxylation sites is 1. The Bertz CT molecular complexity index is 596. The van der Waals surface area contributed by atoms with Gasteiger partial charge in [0.2, 0.25) is 0 Å². The number of carbonyl (C=O) groups excluding carboxylic acids is 1. The molecule has 82 valence electrons. The highest BCUT2D eigenvalue weighted by Gasteiger charge is 2.17. The minimum Gasteiger partial charge on any atom is -0.365 e. The molecule has 0 atom stereocenters. The predicted octanol–water partition coefficient (Wildman–Crippen LogP) is 2.95. The summed E-state index contributed by atoms with van der Waals surface area (Å²) in [6.45, 7) is 1.89. The number of nitrogens with two attached hydrogens (primary N) is 1. The molecule has 0 unspecified atom stereocenters. The number of benzene rings is 1. The summed E-state index contributed by atoms with van der Waals surface area (Å²) in [7, 11) is 0. The molecule has 1 amide bonds. The fourth-order valence-corrected chi connectivity index (χ4v) is 2.23. The van der Waals surface area contributed by atoms with Crippen molar-refractivity contribution in [3.05, 3.63) is 39.5 Å². The van der Waals surface area contributed by atoms with Gasteiger partial charge in [-0.15, -0.1) is 0 Å². The molecule has 1 aromatic heterocycles. The number of hydrogen-bond donors (Lipinski definition) is 1. The molecule has 0 saturated heterocycles. The number of carbonyl (C=O) groups is 1.